The molecule has 6 heteroatoms. The van der Waals surface area contributed by atoms with E-state index in [-0.39, 0.29) is 18.1 Å². The van der Waals surface area contributed by atoms with Crippen molar-refractivity contribution in [3.05, 3.63) is 33.9 Å². The largest absolute Gasteiger partial charge is 0.371 e. The Kier molecular flexibility index (Phi) is 3.99. The molecule has 1 aliphatic heterocycles. The van der Waals surface area contributed by atoms with Crippen LogP contribution in [0.4, 0.5) is 11.4 Å². The van der Waals surface area contributed by atoms with E-state index >= 15 is 0 Å². The monoisotopic (exact) mass is 263 g/mol. The van der Waals surface area contributed by atoms with Gasteiger partial charge in [-0.2, -0.15) is 0 Å². The number of nitrogens with one attached hydrogen (secondary N) is 1. The molecule has 0 aromatic heterocycles. The van der Waals surface area contributed by atoms with Crippen LogP contribution in [0, 0.1) is 17.0 Å². The lowest BCUT2D eigenvalue weighted by atomic mass is 10.2. The minimum Gasteiger partial charge on any atom is -0.371 e. The highest BCUT2D eigenvalue weighted by molar-refractivity contribution is 5.82. The SMILES string of the molecule is Cc1ccc([N+](=O)[O-])c(NCC(=O)N2CCCC2)c1. The van der Waals surface area contributed by atoms with Gasteiger partial charge >= 0.3 is 0 Å². The van der Waals surface area contributed by atoms with Crippen molar-refractivity contribution in [3.63, 3.8) is 0 Å². The number of amides is 1. The summed E-state index contributed by atoms with van der Waals surface area (Å²) in [7, 11) is 0. The molecule has 1 amide bonds. The number of nitro groups is 1. The number of benzene rings is 1. The lowest BCUT2D eigenvalue weighted by Crippen LogP contribution is -2.33. The van der Waals surface area contributed by atoms with Crippen LogP contribution in [0.5, 0.6) is 0 Å². The lowest BCUT2D eigenvalue weighted by Gasteiger charge is -2.16. The molecule has 6 nitrogen and oxygen atoms in total. The van der Waals surface area contributed by atoms with Crippen LogP contribution >= 0.6 is 0 Å². The molecule has 2 rings (SSSR count). The van der Waals surface area contributed by atoms with Crippen LogP contribution in [0.3, 0.4) is 0 Å². The standard InChI is InChI=1S/C13H17N3O3/c1-10-4-5-12(16(18)19)11(8-10)14-9-13(17)15-6-2-3-7-15/h4-5,8,14H,2-3,6-7,9H2,1H3. The molecular formula is C13H17N3O3. The number of carbonyl (C=O) groups excluding carboxylic acids is 1. The van der Waals surface area contributed by atoms with Gasteiger partial charge in [0.05, 0.1) is 11.5 Å². The third-order valence-corrected chi connectivity index (χ3v) is 3.24. The predicted octanol–water partition coefficient (Wildman–Crippen LogP) is 1.94. The molecule has 1 aromatic rings. The Balaban J connectivity index is 2.04. The topological polar surface area (TPSA) is 75.5 Å². The van der Waals surface area contributed by atoms with Gasteiger partial charge < -0.3 is 10.2 Å². The average Bonchev–Trinajstić information content (AvgIpc) is 2.89. The van der Waals surface area contributed by atoms with Gasteiger partial charge in [0.2, 0.25) is 5.91 Å². The molecule has 1 fully saturated rings. The van der Waals surface area contributed by atoms with E-state index in [1.165, 1.54) is 6.07 Å². The summed E-state index contributed by atoms with van der Waals surface area (Å²) in [5.74, 6) is -0.00620. The molecule has 0 radical (unpaired) electrons. The molecule has 102 valence electrons. The van der Waals surface area contributed by atoms with Crippen molar-refractivity contribution < 1.29 is 9.72 Å². The fraction of sp³-hybridized carbons (Fsp3) is 0.462. The molecule has 19 heavy (non-hydrogen) atoms. The van der Waals surface area contributed by atoms with Crippen molar-refractivity contribution >= 4 is 17.3 Å². The second kappa shape index (κ2) is 5.69. The van der Waals surface area contributed by atoms with E-state index < -0.39 is 4.92 Å². The first kappa shape index (κ1) is 13.3. The maximum atomic E-state index is 11.9. The summed E-state index contributed by atoms with van der Waals surface area (Å²) in [4.78, 5) is 24.1. The summed E-state index contributed by atoms with van der Waals surface area (Å²) in [6.07, 6.45) is 2.08. The number of hydrogen-bond donors (Lipinski definition) is 1. The van der Waals surface area contributed by atoms with Gasteiger partial charge in [0, 0.05) is 19.2 Å². The molecule has 1 aliphatic rings. The number of nitrogens with zero attached hydrogens (tertiary/aromatic N) is 2. The van der Waals surface area contributed by atoms with Crippen molar-refractivity contribution in [1.82, 2.24) is 4.90 Å². The van der Waals surface area contributed by atoms with Gasteiger partial charge in [-0.15, -0.1) is 0 Å². The van der Waals surface area contributed by atoms with Crippen LogP contribution < -0.4 is 5.32 Å². The molecule has 0 aliphatic carbocycles. The third-order valence-electron chi connectivity index (χ3n) is 3.24. The van der Waals surface area contributed by atoms with E-state index in [0.717, 1.165) is 31.5 Å². The molecule has 1 aromatic carbocycles. The van der Waals surface area contributed by atoms with Crippen molar-refractivity contribution in [1.29, 1.82) is 0 Å². The number of nitro benzene ring substituents is 1. The van der Waals surface area contributed by atoms with Gasteiger partial charge in [-0.1, -0.05) is 6.07 Å². The lowest BCUT2D eigenvalue weighted by molar-refractivity contribution is -0.384. The molecule has 1 saturated heterocycles. The van der Waals surface area contributed by atoms with Crippen LogP contribution in [-0.4, -0.2) is 35.4 Å². The Morgan fingerprint density at radius 3 is 2.74 bits per heavy atom. The van der Waals surface area contributed by atoms with Gasteiger partial charge in [0.15, 0.2) is 0 Å². The van der Waals surface area contributed by atoms with E-state index in [1.54, 1.807) is 17.0 Å². The van der Waals surface area contributed by atoms with Gasteiger partial charge in [0.25, 0.3) is 5.69 Å². The molecular weight excluding hydrogens is 246 g/mol. The summed E-state index contributed by atoms with van der Waals surface area (Å²) >= 11 is 0. The van der Waals surface area contributed by atoms with Gasteiger partial charge in [-0.3, -0.25) is 14.9 Å². The van der Waals surface area contributed by atoms with Crippen molar-refractivity contribution in [2.45, 2.75) is 19.8 Å². The summed E-state index contributed by atoms with van der Waals surface area (Å²) in [6, 6.07) is 4.83. The number of carbonyl (C=O) groups is 1. The first-order chi connectivity index (χ1) is 9.08. The summed E-state index contributed by atoms with van der Waals surface area (Å²) < 4.78 is 0. The summed E-state index contributed by atoms with van der Waals surface area (Å²) in [5.41, 5.74) is 1.32. The van der Waals surface area contributed by atoms with Crippen molar-refractivity contribution in [2.24, 2.45) is 0 Å². The number of rotatable bonds is 4. The second-order valence-electron chi connectivity index (χ2n) is 4.72. The zero-order chi connectivity index (χ0) is 13.8. The van der Waals surface area contributed by atoms with E-state index in [2.05, 4.69) is 5.32 Å². The predicted molar refractivity (Wildman–Crippen MR) is 72.1 cm³/mol. The molecule has 1 N–H and O–H groups in total. The quantitative estimate of drug-likeness (QED) is 0.665. The molecule has 0 saturated carbocycles. The van der Waals surface area contributed by atoms with E-state index in [9.17, 15) is 14.9 Å². The molecule has 0 unspecified atom stereocenters. The van der Waals surface area contributed by atoms with Gasteiger partial charge in [-0.25, -0.2) is 0 Å². The minimum absolute atomic E-state index is 0.000165. The number of anilines is 1. The molecule has 1 heterocycles. The fourth-order valence-electron chi connectivity index (χ4n) is 2.20. The van der Waals surface area contributed by atoms with Crippen LogP contribution in [0.15, 0.2) is 18.2 Å². The Hall–Kier alpha value is -2.11. The average molecular weight is 263 g/mol. The number of aryl methyl sites for hydroxylation is 1. The normalized spacial score (nSPS) is 14.5. The zero-order valence-corrected chi connectivity index (χ0v) is 10.9. The number of hydrogen-bond acceptors (Lipinski definition) is 4. The van der Waals surface area contributed by atoms with Gasteiger partial charge in [0.1, 0.15) is 5.69 Å². The van der Waals surface area contributed by atoms with Crippen LogP contribution in [0.2, 0.25) is 0 Å². The summed E-state index contributed by atoms with van der Waals surface area (Å²) in [5, 5.41) is 13.8. The number of likely N-dealkylation sites (tertiary alicyclic amines) is 1. The van der Waals surface area contributed by atoms with E-state index in [4.69, 9.17) is 0 Å². The van der Waals surface area contributed by atoms with Gasteiger partial charge in [-0.05, 0) is 31.4 Å². The smallest absolute Gasteiger partial charge is 0.292 e. The Bertz CT molecular complexity index is 496. The second-order valence-corrected chi connectivity index (χ2v) is 4.72. The Morgan fingerprint density at radius 1 is 1.42 bits per heavy atom. The highest BCUT2D eigenvalue weighted by atomic mass is 16.6. The molecule has 0 atom stereocenters. The van der Waals surface area contributed by atoms with Crippen LogP contribution in [-0.2, 0) is 4.79 Å². The zero-order valence-electron chi connectivity index (χ0n) is 10.9. The maximum absolute atomic E-state index is 11.9. The van der Waals surface area contributed by atoms with Crippen molar-refractivity contribution in [2.75, 3.05) is 25.0 Å². The highest BCUT2D eigenvalue weighted by Gasteiger charge is 2.19. The molecule has 0 bridgehead atoms. The van der Waals surface area contributed by atoms with Crippen molar-refractivity contribution in [3.8, 4) is 0 Å². The first-order valence-electron chi connectivity index (χ1n) is 6.34. The van der Waals surface area contributed by atoms with Crippen LogP contribution in [0.25, 0.3) is 0 Å². The third kappa shape index (κ3) is 3.21. The van der Waals surface area contributed by atoms with Crippen LogP contribution in [0.1, 0.15) is 18.4 Å². The Labute approximate surface area is 111 Å². The highest BCUT2D eigenvalue weighted by Crippen LogP contribution is 2.25. The minimum atomic E-state index is -0.442. The van der Waals surface area contributed by atoms with E-state index in [0.29, 0.717) is 5.69 Å². The fourth-order valence-corrected chi connectivity index (χ4v) is 2.20. The Morgan fingerprint density at radius 2 is 2.11 bits per heavy atom. The summed E-state index contributed by atoms with van der Waals surface area (Å²) in [6.45, 7) is 3.54. The maximum Gasteiger partial charge on any atom is 0.292 e. The first-order valence-corrected chi connectivity index (χ1v) is 6.34. The van der Waals surface area contributed by atoms with E-state index in [1.807, 2.05) is 6.92 Å². The molecule has 0 spiro atoms.